The molecule has 0 aliphatic heterocycles. The molecule has 0 spiro atoms. The molecule has 2 atom stereocenters. The van der Waals surface area contributed by atoms with Gasteiger partial charge in [0.1, 0.15) is 24.7 Å². The van der Waals surface area contributed by atoms with Crippen molar-refractivity contribution in [3.8, 4) is 33.8 Å². The summed E-state index contributed by atoms with van der Waals surface area (Å²) in [6.45, 7) is 3.98. The Labute approximate surface area is 256 Å². The van der Waals surface area contributed by atoms with E-state index in [1.807, 2.05) is 24.3 Å². The molecule has 0 radical (unpaired) electrons. The van der Waals surface area contributed by atoms with Gasteiger partial charge in [0.15, 0.2) is 0 Å². The Morgan fingerprint density at radius 1 is 0.455 bits per heavy atom. The van der Waals surface area contributed by atoms with Crippen LogP contribution in [0.15, 0.2) is 121 Å². The predicted molar refractivity (Wildman–Crippen MR) is 182 cm³/mol. The molecule has 0 heterocycles. The second kappa shape index (κ2) is 11.6. The number of hydrogen-bond acceptors (Lipinski definition) is 4. The molecule has 0 bridgehead atoms. The van der Waals surface area contributed by atoms with Crippen molar-refractivity contribution in [3.63, 3.8) is 0 Å². The highest BCUT2D eigenvalue weighted by atomic mass is 16.5. The van der Waals surface area contributed by atoms with Crippen LogP contribution in [0.4, 0.5) is 0 Å². The van der Waals surface area contributed by atoms with E-state index in [0.717, 1.165) is 44.2 Å². The molecule has 2 N–H and O–H groups in total. The molecule has 218 valence electrons. The van der Waals surface area contributed by atoms with E-state index >= 15 is 0 Å². The lowest BCUT2D eigenvalue weighted by Gasteiger charge is -2.18. The Morgan fingerprint density at radius 2 is 0.795 bits per heavy atom. The highest BCUT2D eigenvalue weighted by Gasteiger charge is 2.17. The largest absolute Gasteiger partial charge is 0.491 e. The van der Waals surface area contributed by atoms with E-state index in [9.17, 15) is 10.2 Å². The van der Waals surface area contributed by atoms with Crippen molar-refractivity contribution in [2.75, 3.05) is 13.2 Å². The Kier molecular flexibility index (Phi) is 7.39. The highest BCUT2D eigenvalue weighted by Crippen LogP contribution is 2.44. The van der Waals surface area contributed by atoms with Crippen molar-refractivity contribution in [2.45, 2.75) is 26.1 Å². The first-order chi connectivity index (χ1) is 21.4. The van der Waals surface area contributed by atoms with Crippen LogP contribution < -0.4 is 9.47 Å². The summed E-state index contributed by atoms with van der Waals surface area (Å²) in [5.74, 6) is 1.51. The van der Waals surface area contributed by atoms with Crippen molar-refractivity contribution in [1.29, 1.82) is 0 Å². The fraction of sp³-hybridized carbons (Fsp3) is 0.150. The topological polar surface area (TPSA) is 58.9 Å². The highest BCUT2D eigenvalue weighted by molar-refractivity contribution is 6.22. The number of ether oxygens (including phenoxy) is 2. The van der Waals surface area contributed by atoms with Crippen LogP contribution in [0.5, 0.6) is 11.5 Å². The minimum Gasteiger partial charge on any atom is -0.491 e. The van der Waals surface area contributed by atoms with Gasteiger partial charge in [-0.05, 0) is 116 Å². The van der Waals surface area contributed by atoms with Crippen LogP contribution in [-0.4, -0.2) is 35.6 Å². The average molecular weight is 579 g/mol. The van der Waals surface area contributed by atoms with E-state index in [1.165, 1.54) is 32.7 Å². The van der Waals surface area contributed by atoms with Crippen LogP contribution in [0, 0.1) is 0 Å². The molecule has 2 unspecified atom stereocenters. The second-order valence-corrected chi connectivity index (χ2v) is 11.6. The van der Waals surface area contributed by atoms with Gasteiger partial charge in [0.25, 0.3) is 0 Å². The third-order valence-corrected chi connectivity index (χ3v) is 8.11. The number of hydrogen-bond donors (Lipinski definition) is 2. The Bertz CT molecular complexity index is 1930. The average Bonchev–Trinajstić information content (AvgIpc) is 3.04. The molecule has 44 heavy (non-hydrogen) atoms. The number of rotatable bonds is 8. The molecule has 0 saturated carbocycles. The minimum absolute atomic E-state index is 0.268. The summed E-state index contributed by atoms with van der Waals surface area (Å²) in [5, 5.41) is 28.5. The smallest absolute Gasteiger partial charge is 0.120 e. The maximum atomic E-state index is 9.61. The number of aliphatic hydroxyl groups excluding tert-OH is 2. The lowest BCUT2D eigenvalue weighted by molar-refractivity contribution is 0.122. The predicted octanol–water partition coefficient (Wildman–Crippen LogP) is 9.15. The normalized spacial score (nSPS) is 13.0. The summed E-state index contributed by atoms with van der Waals surface area (Å²) in [4.78, 5) is 0. The molecule has 0 aliphatic carbocycles. The van der Waals surface area contributed by atoms with Crippen molar-refractivity contribution < 1.29 is 19.7 Å². The number of fused-ring (bicyclic) bond motifs is 4. The molecule has 0 aromatic heterocycles. The van der Waals surface area contributed by atoms with Crippen molar-refractivity contribution in [1.82, 2.24) is 0 Å². The quantitative estimate of drug-likeness (QED) is 0.177. The molecule has 4 heteroatoms. The van der Waals surface area contributed by atoms with Crippen LogP contribution >= 0.6 is 0 Å². The first-order valence-corrected chi connectivity index (χ1v) is 15.1. The monoisotopic (exact) mass is 578 g/mol. The molecule has 4 nitrogen and oxygen atoms in total. The molecule has 0 saturated heterocycles. The van der Waals surface area contributed by atoms with Crippen molar-refractivity contribution in [3.05, 3.63) is 121 Å². The molecule has 7 rings (SSSR count). The first-order valence-electron chi connectivity index (χ1n) is 15.1. The summed E-state index contributed by atoms with van der Waals surface area (Å²) >= 11 is 0. The van der Waals surface area contributed by atoms with Crippen LogP contribution in [0.1, 0.15) is 13.8 Å². The Morgan fingerprint density at radius 3 is 1.16 bits per heavy atom. The van der Waals surface area contributed by atoms with Gasteiger partial charge in [-0.15, -0.1) is 0 Å². The number of aliphatic hydroxyl groups is 2. The zero-order valence-corrected chi connectivity index (χ0v) is 24.8. The summed E-state index contributed by atoms with van der Waals surface area (Å²) in [6.07, 6.45) is -1.03. The summed E-state index contributed by atoms with van der Waals surface area (Å²) in [6, 6.07) is 42.8. The minimum atomic E-state index is -0.513. The van der Waals surface area contributed by atoms with Gasteiger partial charge in [0, 0.05) is 0 Å². The van der Waals surface area contributed by atoms with Crippen LogP contribution in [0.3, 0.4) is 0 Å². The third-order valence-electron chi connectivity index (χ3n) is 8.11. The third kappa shape index (κ3) is 5.35. The van der Waals surface area contributed by atoms with Gasteiger partial charge in [-0.25, -0.2) is 0 Å². The molecule has 0 aliphatic rings. The zero-order valence-electron chi connectivity index (χ0n) is 24.8. The van der Waals surface area contributed by atoms with E-state index < -0.39 is 12.2 Å². The molecule has 0 amide bonds. The maximum Gasteiger partial charge on any atom is 0.120 e. The summed E-state index contributed by atoms with van der Waals surface area (Å²) in [7, 11) is 0. The lowest BCUT2D eigenvalue weighted by atomic mass is 9.85. The standard InChI is InChI=1S/C40H34O4/c1-25(41)23-43-33-17-15-27-19-31(13-11-29(27)21-33)39-35-7-3-5-9-37(35)40(38-10-6-4-8-36(38)39)32-14-12-30-22-34(44-24-26(2)42)18-16-28(30)20-32/h3-22,25-26,41-42H,23-24H2,1-2H3. The van der Waals surface area contributed by atoms with Gasteiger partial charge in [0.05, 0.1) is 12.2 Å². The van der Waals surface area contributed by atoms with Crippen molar-refractivity contribution in [2.24, 2.45) is 0 Å². The molecular weight excluding hydrogens is 544 g/mol. The fourth-order valence-electron chi connectivity index (χ4n) is 6.12. The lowest BCUT2D eigenvalue weighted by Crippen LogP contribution is -2.12. The first kappa shape index (κ1) is 27.9. The molecule has 7 aromatic rings. The second-order valence-electron chi connectivity index (χ2n) is 11.6. The zero-order chi connectivity index (χ0) is 30.2. The number of benzene rings is 7. The van der Waals surface area contributed by atoms with E-state index in [-0.39, 0.29) is 13.2 Å². The van der Waals surface area contributed by atoms with E-state index in [1.54, 1.807) is 13.8 Å². The van der Waals surface area contributed by atoms with Crippen molar-refractivity contribution >= 4 is 43.1 Å². The summed E-state index contributed by atoms with van der Waals surface area (Å²) in [5.41, 5.74) is 4.77. The SMILES string of the molecule is CC(O)COc1ccc2cc(-c3c4ccccc4c(-c4ccc5cc(OCC(C)O)ccc5c4)c4ccccc34)ccc2c1. The molecular formula is C40H34O4. The molecule has 7 aromatic carbocycles. The van der Waals surface area contributed by atoms with Crippen LogP contribution in [0.2, 0.25) is 0 Å². The van der Waals surface area contributed by atoms with Gasteiger partial charge < -0.3 is 19.7 Å². The van der Waals surface area contributed by atoms with E-state index in [2.05, 4.69) is 97.1 Å². The van der Waals surface area contributed by atoms with Crippen LogP contribution in [-0.2, 0) is 0 Å². The summed E-state index contributed by atoms with van der Waals surface area (Å²) < 4.78 is 11.5. The van der Waals surface area contributed by atoms with E-state index in [0.29, 0.717) is 0 Å². The van der Waals surface area contributed by atoms with Gasteiger partial charge >= 0.3 is 0 Å². The van der Waals surface area contributed by atoms with Gasteiger partial charge in [0.2, 0.25) is 0 Å². The fourth-order valence-corrected chi connectivity index (χ4v) is 6.12. The van der Waals surface area contributed by atoms with Gasteiger partial charge in [-0.2, -0.15) is 0 Å². The molecule has 0 fully saturated rings. The maximum absolute atomic E-state index is 9.61. The van der Waals surface area contributed by atoms with Gasteiger partial charge in [-0.3, -0.25) is 0 Å². The Hall–Kier alpha value is -4.90. The Balaban J connectivity index is 1.37. The van der Waals surface area contributed by atoms with Crippen LogP contribution in [0.25, 0.3) is 65.3 Å². The van der Waals surface area contributed by atoms with E-state index in [4.69, 9.17) is 9.47 Å². The van der Waals surface area contributed by atoms with Gasteiger partial charge in [-0.1, -0.05) is 84.9 Å².